The SMILES string of the molecule is Cc1cc(C)nc(Nc2ccc(C(=O)Nc3ccccc3C(C)C)cc2)n1. The van der Waals surface area contributed by atoms with Gasteiger partial charge in [-0.1, -0.05) is 32.0 Å². The number of hydrogen-bond acceptors (Lipinski definition) is 4. The van der Waals surface area contributed by atoms with Gasteiger partial charge in [0.25, 0.3) is 5.91 Å². The molecule has 138 valence electrons. The molecule has 3 rings (SSSR count). The van der Waals surface area contributed by atoms with Crippen LogP contribution in [0.5, 0.6) is 0 Å². The molecule has 27 heavy (non-hydrogen) atoms. The van der Waals surface area contributed by atoms with Crippen molar-refractivity contribution < 1.29 is 4.79 Å². The molecule has 1 heterocycles. The molecule has 5 nitrogen and oxygen atoms in total. The highest BCUT2D eigenvalue weighted by molar-refractivity contribution is 6.04. The quantitative estimate of drug-likeness (QED) is 0.655. The van der Waals surface area contributed by atoms with E-state index in [0.717, 1.165) is 28.3 Å². The highest BCUT2D eigenvalue weighted by Gasteiger charge is 2.11. The number of amides is 1. The highest BCUT2D eigenvalue weighted by atomic mass is 16.1. The standard InChI is InChI=1S/C22H24N4O/c1-14(2)19-7-5-6-8-20(19)26-21(27)17-9-11-18(12-10-17)25-22-23-15(3)13-16(4)24-22/h5-14H,1-4H3,(H,26,27)(H,23,24,25). The van der Waals surface area contributed by atoms with Crippen LogP contribution in [-0.4, -0.2) is 15.9 Å². The molecule has 0 atom stereocenters. The van der Waals surface area contributed by atoms with Gasteiger partial charge in [-0.2, -0.15) is 0 Å². The van der Waals surface area contributed by atoms with Gasteiger partial charge in [-0.15, -0.1) is 0 Å². The number of nitrogens with zero attached hydrogens (tertiary/aromatic N) is 2. The first-order chi connectivity index (χ1) is 12.9. The summed E-state index contributed by atoms with van der Waals surface area (Å²) in [5.41, 5.74) is 5.22. The van der Waals surface area contributed by atoms with Crippen molar-refractivity contribution in [2.45, 2.75) is 33.6 Å². The number of carbonyl (C=O) groups excluding carboxylic acids is 1. The van der Waals surface area contributed by atoms with Crippen LogP contribution in [0, 0.1) is 13.8 Å². The summed E-state index contributed by atoms with van der Waals surface area (Å²) < 4.78 is 0. The monoisotopic (exact) mass is 360 g/mol. The van der Waals surface area contributed by atoms with E-state index >= 15 is 0 Å². The summed E-state index contributed by atoms with van der Waals surface area (Å²) in [4.78, 5) is 21.3. The number of aromatic nitrogens is 2. The number of benzene rings is 2. The average Bonchev–Trinajstić information content (AvgIpc) is 2.61. The lowest BCUT2D eigenvalue weighted by Gasteiger charge is -2.14. The molecule has 0 radical (unpaired) electrons. The zero-order chi connectivity index (χ0) is 19.4. The Morgan fingerprint density at radius 2 is 1.56 bits per heavy atom. The topological polar surface area (TPSA) is 66.9 Å². The number of hydrogen-bond donors (Lipinski definition) is 2. The molecular weight excluding hydrogens is 336 g/mol. The zero-order valence-corrected chi connectivity index (χ0v) is 16.1. The first kappa shape index (κ1) is 18.6. The predicted molar refractivity (Wildman–Crippen MR) is 110 cm³/mol. The smallest absolute Gasteiger partial charge is 0.255 e. The first-order valence-corrected chi connectivity index (χ1v) is 9.02. The number of anilines is 3. The molecule has 0 fully saturated rings. The lowest BCUT2D eigenvalue weighted by Crippen LogP contribution is -2.13. The summed E-state index contributed by atoms with van der Waals surface area (Å²) >= 11 is 0. The summed E-state index contributed by atoms with van der Waals surface area (Å²) in [7, 11) is 0. The second-order valence-corrected chi connectivity index (χ2v) is 6.87. The maximum absolute atomic E-state index is 12.6. The normalized spacial score (nSPS) is 10.7. The van der Waals surface area contributed by atoms with Gasteiger partial charge >= 0.3 is 0 Å². The highest BCUT2D eigenvalue weighted by Crippen LogP contribution is 2.24. The van der Waals surface area contributed by atoms with Crippen LogP contribution < -0.4 is 10.6 Å². The molecular formula is C22H24N4O. The molecule has 1 aromatic heterocycles. The number of aryl methyl sites for hydroxylation is 2. The van der Waals surface area contributed by atoms with Gasteiger partial charge in [-0.05, 0) is 61.7 Å². The van der Waals surface area contributed by atoms with Crippen LogP contribution in [0.25, 0.3) is 0 Å². The summed E-state index contributed by atoms with van der Waals surface area (Å²) in [6.45, 7) is 8.09. The van der Waals surface area contributed by atoms with E-state index in [1.54, 1.807) is 12.1 Å². The summed E-state index contributed by atoms with van der Waals surface area (Å²) in [5, 5.41) is 6.18. The molecule has 0 unspecified atom stereocenters. The second-order valence-electron chi connectivity index (χ2n) is 6.87. The van der Waals surface area contributed by atoms with Gasteiger partial charge in [0.1, 0.15) is 0 Å². The number of rotatable bonds is 5. The molecule has 0 bridgehead atoms. The Labute approximate surface area is 159 Å². The van der Waals surface area contributed by atoms with Gasteiger partial charge in [0.2, 0.25) is 5.95 Å². The van der Waals surface area contributed by atoms with Crippen molar-refractivity contribution in [2.75, 3.05) is 10.6 Å². The average molecular weight is 360 g/mol. The number of para-hydroxylation sites is 1. The van der Waals surface area contributed by atoms with Crippen LogP contribution in [0.3, 0.4) is 0 Å². The molecule has 1 amide bonds. The van der Waals surface area contributed by atoms with Crippen LogP contribution in [0.1, 0.15) is 47.1 Å². The Morgan fingerprint density at radius 3 is 2.19 bits per heavy atom. The van der Waals surface area contributed by atoms with Crippen molar-refractivity contribution in [3.63, 3.8) is 0 Å². The van der Waals surface area contributed by atoms with E-state index in [2.05, 4.69) is 34.4 Å². The van der Waals surface area contributed by atoms with E-state index < -0.39 is 0 Å². The third kappa shape index (κ3) is 4.70. The Bertz CT molecular complexity index is 929. The fourth-order valence-corrected chi connectivity index (χ4v) is 2.92. The maximum atomic E-state index is 12.6. The van der Waals surface area contributed by atoms with Crippen LogP contribution in [0.2, 0.25) is 0 Å². The van der Waals surface area contributed by atoms with Crippen molar-refractivity contribution in [1.29, 1.82) is 0 Å². The Balaban J connectivity index is 1.72. The molecule has 0 aliphatic heterocycles. The van der Waals surface area contributed by atoms with Gasteiger partial charge in [0.05, 0.1) is 0 Å². The minimum atomic E-state index is -0.127. The predicted octanol–water partition coefficient (Wildman–Crippen LogP) is 5.21. The lowest BCUT2D eigenvalue weighted by molar-refractivity contribution is 0.102. The molecule has 2 aromatic carbocycles. The summed E-state index contributed by atoms with van der Waals surface area (Å²) in [5.74, 6) is 0.763. The van der Waals surface area contributed by atoms with E-state index in [1.807, 2.05) is 56.3 Å². The third-order valence-corrected chi connectivity index (χ3v) is 4.22. The fourth-order valence-electron chi connectivity index (χ4n) is 2.92. The minimum absolute atomic E-state index is 0.127. The van der Waals surface area contributed by atoms with Crippen LogP contribution in [-0.2, 0) is 0 Å². The van der Waals surface area contributed by atoms with E-state index in [-0.39, 0.29) is 5.91 Å². The molecule has 5 heteroatoms. The molecule has 0 aliphatic rings. The number of carbonyl (C=O) groups is 1. The third-order valence-electron chi connectivity index (χ3n) is 4.22. The Hall–Kier alpha value is -3.21. The molecule has 0 saturated heterocycles. The van der Waals surface area contributed by atoms with Crippen molar-refractivity contribution in [3.8, 4) is 0 Å². The fraction of sp³-hybridized carbons (Fsp3) is 0.227. The lowest BCUT2D eigenvalue weighted by atomic mass is 10.0. The zero-order valence-electron chi connectivity index (χ0n) is 16.1. The van der Waals surface area contributed by atoms with Crippen molar-refractivity contribution in [1.82, 2.24) is 9.97 Å². The van der Waals surface area contributed by atoms with Gasteiger partial charge in [0.15, 0.2) is 0 Å². The van der Waals surface area contributed by atoms with Crippen molar-refractivity contribution in [2.24, 2.45) is 0 Å². The number of nitrogens with one attached hydrogen (secondary N) is 2. The van der Waals surface area contributed by atoms with Crippen molar-refractivity contribution in [3.05, 3.63) is 77.1 Å². The Kier molecular flexibility index (Phi) is 5.50. The van der Waals surface area contributed by atoms with E-state index in [9.17, 15) is 4.79 Å². The Morgan fingerprint density at radius 1 is 0.926 bits per heavy atom. The van der Waals surface area contributed by atoms with E-state index in [1.165, 1.54) is 0 Å². The van der Waals surface area contributed by atoms with E-state index in [0.29, 0.717) is 17.4 Å². The van der Waals surface area contributed by atoms with E-state index in [4.69, 9.17) is 0 Å². The minimum Gasteiger partial charge on any atom is -0.324 e. The van der Waals surface area contributed by atoms with Crippen LogP contribution in [0.4, 0.5) is 17.3 Å². The first-order valence-electron chi connectivity index (χ1n) is 9.02. The van der Waals surface area contributed by atoms with Gasteiger partial charge in [-0.25, -0.2) is 9.97 Å². The van der Waals surface area contributed by atoms with Crippen molar-refractivity contribution >= 4 is 23.2 Å². The summed E-state index contributed by atoms with van der Waals surface area (Å²) in [6, 6.07) is 17.1. The van der Waals surface area contributed by atoms with Gasteiger partial charge in [-0.3, -0.25) is 4.79 Å². The molecule has 0 saturated carbocycles. The van der Waals surface area contributed by atoms with Crippen LogP contribution in [0.15, 0.2) is 54.6 Å². The van der Waals surface area contributed by atoms with Crippen LogP contribution >= 0.6 is 0 Å². The second kappa shape index (κ2) is 7.99. The largest absolute Gasteiger partial charge is 0.324 e. The molecule has 2 N–H and O–H groups in total. The summed E-state index contributed by atoms with van der Waals surface area (Å²) in [6.07, 6.45) is 0. The maximum Gasteiger partial charge on any atom is 0.255 e. The van der Waals surface area contributed by atoms with Gasteiger partial charge < -0.3 is 10.6 Å². The van der Waals surface area contributed by atoms with Gasteiger partial charge in [0, 0.05) is 28.3 Å². The molecule has 3 aromatic rings. The molecule has 0 aliphatic carbocycles. The molecule has 0 spiro atoms.